The zero-order chi connectivity index (χ0) is 30.4. The zero-order valence-electron chi connectivity index (χ0n) is 24.7. The van der Waals surface area contributed by atoms with E-state index in [4.69, 9.17) is 17.3 Å². The van der Waals surface area contributed by atoms with Gasteiger partial charge in [-0.25, -0.2) is 0 Å². The van der Waals surface area contributed by atoms with Crippen molar-refractivity contribution in [2.45, 2.75) is 71.5 Å². The van der Waals surface area contributed by atoms with Crippen molar-refractivity contribution in [3.05, 3.63) is 64.2 Å². The van der Waals surface area contributed by atoms with Crippen LogP contribution in [0.15, 0.2) is 42.5 Å². The third-order valence-corrected chi connectivity index (χ3v) is 8.58. The average molecular weight is 596 g/mol. The molecule has 4 atom stereocenters. The van der Waals surface area contributed by atoms with Gasteiger partial charge < -0.3 is 26.2 Å². The van der Waals surface area contributed by atoms with Gasteiger partial charge in [0.1, 0.15) is 12.1 Å². The van der Waals surface area contributed by atoms with Gasteiger partial charge in [0.25, 0.3) is 0 Å². The Balaban J connectivity index is 1.46. The fraction of sp³-hybridized carbons (Fsp3) is 0.500. The molecule has 2 heterocycles. The van der Waals surface area contributed by atoms with Gasteiger partial charge in [-0.05, 0) is 73.0 Å². The Morgan fingerprint density at radius 2 is 1.67 bits per heavy atom. The molecule has 2 aliphatic rings. The summed E-state index contributed by atoms with van der Waals surface area (Å²) in [6.07, 6.45) is 1.75. The van der Waals surface area contributed by atoms with Crippen molar-refractivity contribution in [3.8, 4) is 0 Å². The Labute approximate surface area is 253 Å². The number of nitrogens with zero attached hydrogens (tertiary/aromatic N) is 2. The van der Waals surface area contributed by atoms with E-state index in [1.54, 1.807) is 23.1 Å². The first-order valence-corrected chi connectivity index (χ1v) is 15.1. The Hall–Kier alpha value is -3.43. The molecule has 2 aromatic rings. The van der Waals surface area contributed by atoms with Gasteiger partial charge in [-0.15, -0.1) is 0 Å². The summed E-state index contributed by atoms with van der Waals surface area (Å²) < 4.78 is 0. The molecule has 1 fully saturated rings. The summed E-state index contributed by atoms with van der Waals surface area (Å²) in [6, 6.07) is 11.2. The smallest absolute Gasteiger partial charge is 0.246 e. The van der Waals surface area contributed by atoms with Crippen LogP contribution >= 0.6 is 11.6 Å². The lowest BCUT2D eigenvalue weighted by molar-refractivity contribution is -0.144. The number of fused-ring (bicyclic) bond motifs is 1. The molecule has 0 bridgehead atoms. The first kappa shape index (κ1) is 31.5. The molecule has 4 rings (SSSR count). The molecule has 0 radical (unpaired) electrons. The number of carbonyl (C=O) groups excluding carboxylic acids is 4. The molecule has 42 heavy (non-hydrogen) atoms. The van der Waals surface area contributed by atoms with Crippen LogP contribution in [0, 0.1) is 18.8 Å². The van der Waals surface area contributed by atoms with Crippen LogP contribution in [-0.2, 0) is 32.1 Å². The number of nitrogens with two attached hydrogens (primary N) is 1. The molecule has 0 aliphatic carbocycles. The molecular weight excluding hydrogens is 554 g/mol. The van der Waals surface area contributed by atoms with Crippen LogP contribution in [-0.4, -0.2) is 65.1 Å². The monoisotopic (exact) mass is 595 g/mol. The van der Waals surface area contributed by atoms with Crippen LogP contribution in [0.1, 0.15) is 56.2 Å². The van der Waals surface area contributed by atoms with E-state index in [2.05, 4.69) is 24.5 Å². The number of rotatable bonds is 9. The Bertz CT molecular complexity index is 1310. The number of anilines is 1. The van der Waals surface area contributed by atoms with Crippen molar-refractivity contribution in [2.24, 2.45) is 17.6 Å². The summed E-state index contributed by atoms with van der Waals surface area (Å²) in [5.74, 6) is -0.251. The van der Waals surface area contributed by atoms with E-state index in [9.17, 15) is 19.2 Å². The molecular formula is C32H42ClN5O4. The van der Waals surface area contributed by atoms with Crippen LogP contribution in [0.25, 0.3) is 0 Å². The Morgan fingerprint density at radius 1 is 1.00 bits per heavy atom. The number of halogens is 1. The van der Waals surface area contributed by atoms with Crippen molar-refractivity contribution in [1.82, 2.24) is 15.1 Å². The molecule has 1 unspecified atom stereocenters. The third-order valence-electron chi connectivity index (χ3n) is 8.16. The van der Waals surface area contributed by atoms with Gasteiger partial charge in [0, 0.05) is 49.6 Å². The summed E-state index contributed by atoms with van der Waals surface area (Å²) in [5, 5.41) is 6.27. The fourth-order valence-electron chi connectivity index (χ4n) is 6.06. The van der Waals surface area contributed by atoms with Crippen LogP contribution in [0.2, 0.25) is 5.02 Å². The summed E-state index contributed by atoms with van der Waals surface area (Å²) in [4.78, 5) is 56.8. The third kappa shape index (κ3) is 7.89. The Morgan fingerprint density at radius 3 is 2.33 bits per heavy atom. The molecule has 4 N–H and O–H groups in total. The highest BCUT2D eigenvalue weighted by molar-refractivity contribution is 6.31. The number of piperidine rings is 1. The molecule has 2 aliphatic heterocycles. The molecule has 4 amide bonds. The second kappa shape index (κ2) is 14.2. The molecule has 0 spiro atoms. The highest BCUT2D eigenvalue weighted by Crippen LogP contribution is 2.26. The maximum absolute atomic E-state index is 13.7. The first-order valence-electron chi connectivity index (χ1n) is 14.8. The molecule has 0 aromatic heterocycles. The van der Waals surface area contributed by atoms with Crippen molar-refractivity contribution < 1.29 is 19.2 Å². The van der Waals surface area contributed by atoms with Gasteiger partial charge in [0.05, 0.1) is 0 Å². The zero-order valence-corrected chi connectivity index (χ0v) is 25.5. The number of likely N-dealkylation sites (tertiary alicyclic amines) is 1. The minimum absolute atomic E-state index is 0.0205. The van der Waals surface area contributed by atoms with E-state index >= 15 is 0 Å². The molecule has 10 heteroatoms. The lowest BCUT2D eigenvalue weighted by atomic mass is 9.91. The average Bonchev–Trinajstić information content (AvgIpc) is 2.96. The van der Waals surface area contributed by atoms with E-state index < -0.39 is 23.9 Å². The van der Waals surface area contributed by atoms with Gasteiger partial charge in [-0.3, -0.25) is 19.2 Å². The van der Waals surface area contributed by atoms with Gasteiger partial charge in [0.2, 0.25) is 23.6 Å². The normalized spacial score (nSPS) is 20.8. The number of hydrogen-bond acceptors (Lipinski definition) is 5. The maximum Gasteiger partial charge on any atom is 0.246 e. The summed E-state index contributed by atoms with van der Waals surface area (Å²) in [7, 11) is 0. The molecule has 226 valence electrons. The second-order valence-corrected chi connectivity index (χ2v) is 12.3. The highest BCUT2D eigenvalue weighted by Gasteiger charge is 2.36. The van der Waals surface area contributed by atoms with Crippen molar-refractivity contribution in [3.63, 3.8) is 0 Å². The quantitative estimate of drug-likeness (QED) is 0.408. The highest BCUT2D eigenvalue weighted by atomic mass is 35.5. The van der Waals surface area contributed by atoms with Gasteiger partial charge in [0.15, 0.2) is 0 Å². The van der Waals surface area contributed by atoms with Crippen molar-refractivity contribution in [2.75, 3.05) is 25.0 Å². The number of hydrogen-bond donors (Lipinski definition) is 3. The predicted molar refractivity (Wildman–Crippen MR) is 164 cm³/mol. The second-order valence-electron chi connectivity index (χ2n) is 11.8. The van der Waals surface area contributed by atoms with Gasteiger partial charge >= 0.3 is 0 Å². The largest absolute Gasteiger partial charge is 0.342 e. The fourth-order valence-corrected chi connectivity index (χ4v) is 6.17. The summed E-state index contributed by atoms with van der Waals surface area (Å²) in [5.41, 5.74) is 9.11. The maximum atomic E-state index is 13.7. The summed E-state index contributed by atoms with van der Waals surface area (Å²) >= 11 is 6.11. The SMILES string of the molecule is Cc1cc(NC(=O)[C@H](CCN)NC(=O)C2Cc3ccccc3CN2C(=O)CCC(=O)N2C[C@H](C)C[C@H](C)C2)ccc1Cl. The van der Waals surface area contributed by atoms with Crippen molar-refractivity contribution >= 4 is 40.9 Å². The Kier molecular flexibility index (Phi) is 10.6. The molecule has 0 saturated carbocycles. The van der Waals surface area contributed by atoms with Crippen LogP contribution in [0.4, 0.5) is 5.69 Å². The number of nitrogens with one attached hydrogen (secondary N) is 2. The van der Waals surface area contributed by atoms with E-state index in [-0.39, 0.29) is 44.2 Å². The van der Waals surface area contributed by atoms with Gasteiger partial charge in [-0.1, -0.05) is 49.7 Å². The minimum Gasteiger partial charge on any atom is -0.342 e. The van der Waals surface area contributed by atoms with E-state index in [0.29, 0.717) is 42.1 Å². The van der Waals surface area contributed by atoms with E-state index in [1.807, 2.05) is 36.1 Å². The first-order chi connectivity index (χ1) is 20.0. The van der Waals surface area contributed by atoms with Crippen LogP contribution < -0.4 is 16.4 Å². The van der Waals surface area contributed by atoms with Crippen LogP contribution in [0.3, 0.4) is 0 Å². The number of amides is 4. The van der Waals surface area contributed by atoms with E-state index in [0.717, 1.165) is 23.1 Å². The molecule has 9 nitrogen and oxygen atoms in total. The van der Waals surface area contributed by atoms with E-state index in [1.165, 1.54) is 0 Å². The molecule has 2 aromatic carbocycles. The number of carbonyl (C=O) groups is 4. The number of benzene rings is 2. The minimum atomic E-state index is -0.891. The van der Waals surface area contributed by atoms with Gasteiger partial charge in [-0.2, -0.15) is 0 Å². The predicted octanol–water partition coefficient (Wildman–Crippen LogP) is 3.66. The molecule has 1 saturated heterocycles. The standard InChI is InChI=1S/C32H42ClN5O4/c1-20-14-21(2)18-37(17-20)29(39)10-11-30(40)38-19-24-7-5-4-6-23(24)16-28(38)32(42)36-27(12-13-34)31(41)35-25-8-9-26(33)22(3)15-25/h4-9,15,20-21,27-28H,10-14,16-19,34H2,1-3H3,(H,35,41)(H,36,42)/t20-,21+,27-,28?/m0/s1. The number of aryl methyl sites for hydroxylation is 1. The van der Waals surface area contributed by atoms with Crippen molar-refractivity contribution in [1.29, 1.82) is 0 Å². The van der Waals surface area contributed by atoms with Crippen LogP contribution in [0.5, 0.6) is 0 Å². The lowest BCUT2D eigenvalue weighted by Crippen LogP contribution is -2.56. The lowest BCUT2D eigenvalue weighted by Gasteiger charge is -2.37. The topological polar surface area (TPSA) is 125 Å². The summed E-state index contributed by atoms with van der Waals surface area (Å²) in [6.45, 7) is 7.99.